The van der Waals surface area contributed by atoms with E-state index in [1.807, 2.05) is 31.3 Å². The highest BCUT2D eigenvalue weighted by Gasteiger charge is 2.29. The van der Waals surface area contributed by atoms with Crippen LogP contribution in [0, 0.1) is 5.92 Å². The Hall–Kier alpha value is -1.07. The van der Waals surface area contributed by atoms with Crippen LogP contribution in [0.2, 0.25) is 0 Å². The summed E-state index contributed by atoms with van der Waals surface area (Å²) in [5.74, 6) is 0.330. The Balaban J connectivity index is 2.26. The molecule has 0 radical (unpaired) electrons. The molecule has 0 saturated carbocycles. The fourth-order valence-corrected chi connectivity index (χ4v) is 2.46. The zero-order chi connectivity index (χ0) is 12.4. The van der Waals surface area contributed by atoms with E-state index in [4.69, 9.17) is 5.73 Å². The molecule has 2 N–H and O–H groups in total. The number of halogens is 1. The van der Waals surface area contributed by atoms with Crippen LogP contribution in [0.15, 0.2) is 28.7 Å². The molecule has 1 aliphatic rings. The van der Waals surface area contributed by atoms with Crippen LogP contribution in [0.1, 0.15) is 0 Å². The Labute approximate surface area is 110 Å². The van der Waals surface area contributed by atoms with E-state index in [0.29, 0.717) is 19.0 Å². The maximum absolute atomic E-state index is 12.1. The van der Waals surface area contributed by atoms with Crippen LogP contribution in [0.5, 0.6) is 0 Å². The molecule has 1 aromatic carbocycles. The van der Waals surface area contributed by atoms with Crippen molar-refractivity contribution in [2.75, 3.05) is 31.6 Å². The molecule has 1 atom stereocenters. The number of urea groups is 1. The number of carbonyl (C=O) groups is 1. The zero-order valence-corrected chi connectivity index (χ0v) is 11.4. The predicted molar refractivity (Wildman–Crippen MR) is 72.1 cm³/mol. The SMILES string of the molecule is CN1CC(CN)CN(c2cccc(Br)c2)C1=O. The van der Waals surface area contributed by atoms with Crippen LogP contribution in [0.3, 0.4) is 0 Å². The van der Waals surface area contributed by atoms with Crippen molar-refractivity contribution in [2.45, 2.75) is 0 Å². The molecule has 4 nitrogen and oxygen atoms in total. The lowest BCUT2D eigenvalue weighted by atomic mass is 10.1. The summed E-state index contributed by atoms with van der Waals surface area (Å²) in [5, 5.41) is 0. The summed E-state index contributed by atoms with van der Waals surface area (Å²) in [6, 6.07) is 7.80. The van der Waals surface area contributed by atoms with Crippen LogP contribution >= 0.6 is 15.9 Å². The second-order valence-corrected chi connectivity index (χ2v) is 5.27. The van der Waals surface area contributed by atoms with E-state index in [9.17, 15) is 4.79 Å². The lowest BCUT2D eigenvalue weighted by Gasteiger charge is -2.38. The van der Waals surface area contributed by atoms with Crippen molar-refractivity contribution < 1.29 is 4.79 Å². The number of nitrogens with two attached hydrogens (primary N) is 1. The van der Waals surface area contributed by atoms with Crippen LogP contribution in [0.4, 0.5) is 10.5 Å². The Bertz CT molecular complexity index is 424. The van der Waals surface area contributed by atoms with E-state index in [-0.39, 0.29) is 6.03 Å². The van der Waals surface area contributed by atoms with Crippen molar-refractivity contribution in [3.63, 3.8) is 0 Å². The smallest absolute Gasteiger partial charge is 0.324 e. The lowest BCUT2D eigenvalue weighted by Crippen LogP contribution is -2.53. The lowest BCUT2D eigenvalue weighted by molar-refractivity contribution is 0.194. The first-order valence-electron chi connectivity index (χ1n) is 5.60. The first-order chi connectivity index (χ1) is 8.11. The van der Waals surface area contributed by atoms with Gasteiger partial charge < -0.3 is 10.6 Å². The van der Waals surface area contributed by atoms with Crippen molar-refractivity contribution in [3.05, 3.63) is 28.7 Å². The molecule has 1 unspecified atom stereocenters. The minimum atomic E-state index is 0.0350. The molecule has 0 spiro atoms. The van der Waals surface area contributed by atoms with Gasteiger partial charge in [0.25, 0.3) is 0 Å². The van der Waals surface area contributed by atoms with Gasteiger partial charge in [-0.1, -0.05) is 22.0 Å². The zero-order valence-electron chi connectivity index (χ0n) is 9.77. The summed E-state index contributed by atoms with van der Waals surface area (Å²) in [5.41, 5.74) is 6.62. The summed E-state index contributed by atoms with van der Waals surface area (Å²) >= 11 is 3.42. The van der Waals surface area contributed by atoms with Gasteiger partial charge in [-0.25, -0.2) is 4.79 Å². The third kappa shape index (κ3) is 2.61. The number of hydrogen-bond donors (Lipinski definition) is 1. The first kappa shape index (κ1) is 12.4. The van der Waals surface area contributed by atoms with E-state index >= 15 is 0 Å². The molecule has 2 rings (SSSR count). The van der Waals surface area contributed by atoms with Crippen LogP contribution in [0.25, 0.3) is 0 Å². The normalized spacial score (nSPS) is 20.9. The number of nitrogens with zero attached hydrogens (tertiary/aromatic N) is 2. The van der Waals surface area contributed by atoms with E-state index in [2.05, 4.69) is 15.9 Å². The number of anilines is 1. The summed E-state index contributed by atoms with van der Waals surface area (Å²) in [6.07, 6.45) is 0. The summed E-state index contributed by atoms with van der Waals surface area (Å²) in [6.45, 7) is 2.03. The van der Waals surface area contributed by atoms with E-state index < -0.39 is 0 Å². The molecular formula is C12H16BrN3O. The van der Waals surface area contributed by atoms with Gasteiger partial charge >= 0.3 is 6.03 Å². The first-order valence-corrected chi connectivity index (χ1v) is 6.39. The highest BCUT2D eigenvalue weighted by molar-refractivity contribution is 9.10. The van der Waals surface area contributed by atoms with Crippen molar-refractivity contribution >= 4 is 27.6 Å². The van der Waals surface area contributed by atoms with Crippen LogP contribution in [-0.2, 0) is 0 Å². The molecular weight excluding hydrogens is 282 g/mol. The van der Waals surface area contributed by atoms with Crippen LogP contribution in [-0.4, -0.2) is 37.6 Å². The minimum Gasteiger partial charge on any atom is -0.330 e. The Morgan fingerprint density at radius 2 is 2.24 bits per heavy atom. The fraction of sp³-hybridized carbons (Fsp3) is 0.417. The van der Waals surface area contributed by atoms with Crippen molar-refractivity contribution in [1.29, 1.82) is 0 Å². The number of benzene rings is 1. The largest absolute Gasteiger partial charge is 0.330 e. The van der Waals surface area contributed by atoms with E-state index in [0.717, 1.165) is 16.7 Å². The maximum Gasteiger partial charge on any atom is 0.324 e. The van der Waals surface area contributed by atoms with Gasteiger partial charge in [-0.3, -0.25) is 4.90 Å². The molecule has 1 fully saturated rings. The van der Waals surface area contributed by atoms with Crippen molar-refractivity contribution in [3.8, 4) is 0 Å². The van der Waals surface area contributed by atoms with Crippen molar-refractivity contribution in [1.82, 2.24) is 4.90 Å². The third-order valence-electron chi connectivity index (χ3n) is 2.98. The van der Waals surface area contributed by atoms with Gasteiger partial charge in [0.2, 0.25) is 0 Å². The molecule has 2 amide bonds. The van der Waals surface area contributed by atoms with Crippen LogP contribution < -0.4 is 10.6 Å². The molecule has 92 valence electrons. The number of carbonyl (C=O) groups excluding carboxylic acids is 1. The second kappa shape index (κ2) is 5.06. The fourth-order valence-electron chi connectivity index (χ4n) is 2.07. The molecule has 0 bridgehead atoms. The van der Waals surface area contributed by atoms with Gasteiger partial charge in [-0.15, -0.1) is 0 Å². The Kier molecular flexibility index (Phi) is 3.69. The average Bonchev–Trinajstić information content (AvgIpc) is 2.32. The molecule has 1 aromatic rings. The van der Waals surface area contributed by atoms with Gasteiger partial charge in [0.1, 0.15) is 0 Å². The van der Waals surface area contributed by atoms with E-state index in [1.54, 1.807) is 9.80 Å². The summed E-state index contributed by atoms with van der Waals surface area (Å²) in [7, 11) is 1.81. The predicted octanol–water partition coefficient (Wildman–Crippen LogP) is 1.90. The molecule has 17 heavy (non-hydrogen) atoms. The molecule has 5 heteroatoms. The van der Waals surface area contributed by atoms with Gasteiger partial charge in [0.15, 0.2) is 0 Å². The third-order valence-corrected chi connectivity index (χ3v) is 3.48. The minimum absolute atomic E-state index is 0.0350. The van der Waals surface area contributed by atoms with Gasteiger partial charge in [-0.05, 0) is 24.7 Å². The van der Waals surface area contributed by atoms with Crippen molar-refractivity contribution in [2.24, 2.45) is 11.7 Å². The van der Waals surface area contributed by atoms with Gasteiger partial charge in [0, 0.05) is 36.2 Å². The highest BCUT2D eigenvalue weighted by atomic mass is 79.9. The van der Waals surface area contributed by atoms with Gasteiger partial charge in [0.05, 0.1) is 0 Å². The van der Waals surface area contributed by atoms with E-state index in [1.165, 1.54) is 0 Å². The number of amides is 2. The Morgan fingerprint density at radius 1 is 1.47 bits per heavy atom. The number of hydrogen-bond acceptors (Lipinski definition) is 2. The molecule has 0 aliphatic carbocycles. The topological polar surface area (TPSA) is 49.6 Å². The Morgan fingerprint density at radius 3 is 2.88 bits per heavy atom. The number of rotatable bonds is 2. The quantitative estimate of drug-likeness (QED) is 0.906. The molecule has 1 heterocycles. The standard InChI is InChI=1S/C12H16BrN3O/c1-15-7-9(6-14)8-16(12(15)17)11-4-2-3-10(13)5-11/h2-5,9H,6-8,14H2,1H3. The van der Waals surface area contributed by atoms with Gasteiger partial charge in [-0.2, -0.15) is 0 Å². The monoisotopic (exact) mass is 297 g/mol. The maximum atomic E-state index is 12.1. The average molecular weight is 298 g/mol. The summed E-state index contributed by atoms with van der Waals surface area (Å²) in [4.78, 5) is 15.6. The molecule has 0 aromatic heterocycles. The molecule has 1 aliphatic heterocycles. The second-order valence-electron chi connectivity index (χ2n) is 4.36. The molecule has 1 saturated heterocycles. The summed E-state index contributed by atoms with van der Waals surface area (Å²) < 4.78 is 0.973. The highest BCUT2D eigenvalue weighted by Crippen LogP contribution is 2.24.